The third-order valence-corrected chi connectivity index (χ3v) is 7.17. The van der Waals surface area contributed by atoms with Crippen molar-refractivity contribution in [1.29, 1.82) is 0 Å². The van der Waals surface area contributed by atoms with Crippen molar-refractivity contribution in [1.82, 2.24) is 19.2 Å². The first-order valence-corrected chi connectivity index (χ1v) is 12.7. The molecule has 5 aromatic rings. The molecule has 6 nitrogen and oxygen atoms in total. The standard InChI is InChI=1S/C30H25ClFN5O/c1-19-8-6-9-21(16-19)28-27-12-7-15-35(27)29-24(20(2)34-37(29)23-10-4-3-5-11-23)18-36(28)30(38)33-22-13-14-26(32)25(31)17-22/h3-17,28H,18H2,1-2H3,(H,33,38)/t28-/m1/s1. The Morgan fingerprint density at radius 2 is 1.82 bits per heavy atom. The quantitative estimate of drug-likeness (QED) is 0.270. The molecule has 0 saturated heterocycles. The van der Waals surface area contributed by atoms with E-state index in [0.717, 1.165) is 39.6 Å². The largest absolute Gasteiger partial charge is 0.322 e. The number of carbonyl (C=O) groups excluding carboxylic acids is 1. The molecule has 190 valence electrons. The zero-order chi connectivity index (χ0) is 26.4. The van der Waals surface area contributed by atoms with Gasteiger partial charge >= 0.3 is 6.03 Å². The van der Waals surface area contributed by atoms with Gasteiger partial charge in [-0.3, -0.25) is 0 Å². The van der Waals surface area contributed by atoms with Crippen LogP contribution in [0.5, 0.6) is 0 Å². The number of halogens is 2. The maximum absolute atomic E-state index is 14.0. The fourth-order valence-corrected chi connectivity index (χ4v) is 5.29. The van der Waals surface area contributed by atoms with Gasteiger partial charge in [-0.1, -0.05) is 59.6 Å². The maximum Gasteiger partial charge on any atom is 0.322 e. The Kier molecular flexibility index (Phi) is 6.00. The Bertz CT molecular complexity index is 1660. The Labute approximate surface area is 224 Å². The molecular formula is C30H25ClFN5O. The molecule has 0 aliphatic carbocycles. The zero-order valence-electron chi connectivity index (χ0n) is 20.9. The molecule has 0 saturated carbocycles. The number of nitrogens with one attached hydrogen (secondary N) is 1. The molecule has 0 spiro atoms. The molecule has 1 aliphatic heterocycles. The maximum atomic E-state index is 14.0. The highest BCUT2D eigenvalue weighted by molar-refractivity contribution is 6.31. The molecule has 38 heavy (non-hydrogen) atoms. The highest BCUT2D eigenvalue weighted by atomic mass is 35.5. The van der Waals surface area contributed by atoms with Gasteiger partial charge in [0.2, 0.25) is 0 Å². The number of hydrogen-bond donors (Lipinski definition) is 1. The molecule has 2 amide bonds. The van der Waals surface area contributed by atoms with E-state index in [2.05, 4.69) is 16.0 Å². The molecule has 3 aromatic carbocycles. The average Bonchev–Trinajstić information content (AvgIpc) is 3.47. The normalized spacial score (nSPS) is 14.5. The molecule has 0 bridgehead atoms. The third-order valence-electron chi connectivity index (χ3n) is 6.88. The van der Waals surface area contributed by atoms with E-state index in [1.54, 1.807) is 4.90 Å². The van der Waals surface area contributed by atoms with Crippen molar-refractivity contribution in [2.45, 2.75) is 26.4 Å². The predicted molar refractivity (Wildman–Crippen MR) is 147 cm³/mol. The van der Waals surface area contributed by atoms with Crippen LogP contribution in [0.25, 0.3) is 11.5 Å². The lowest BCUT2D eigenvalue weighted by atomic mass is 10.00. The first-order chi connectivity index (χ1) is 18.4. The van der Waals surface area contributed by atoms with Crippen LogP contribution in [0.3, 0.4) is 0 Å². The molecule has 2 aromatic heterocycles. The minimum atomic E-state index is -0.538. The first-order valence-electron chi connectivity index (χ1n) is 12.3. The number of urea groups is 1. The van der Waals surface area contributed by atoms with Gasteiger partial charge in [0.15, 0.2) is 0 Å². The number of nitrogens with zero attached hydrogens (tertiary/aromatic N) is 4. The summed E-state index contributed by atoms with van der Waals surface area (Å²) < 4.78 is 17.8. The van der Waals surface area contributed by atoms with Gasteiger partial charge in [-0.15, -0.1) is 0 Å². The van der Waals surface area contributed by atoms with Gasteiger partial charge in [-0.05, 0) is 61.9 Å². The second-order valence-electron chi connectivity index (χ2n) is 9.44. The Hall–Kier alpha value is -4.36. The summed E-state index contributed by atoms with van der Waals surface area (Å²) in [5.74, 6) is 0.356. The van der Waals surface area contributed by atoms with E-state index in [4.69, 9.17) is 16.7 Å². The molecule has 1 atom stereocenters. The second kappa shape index (κ2) is 9.50. The van der Waals surface area contributed by atoms with E-state index in [9.17, 15) is 9.18 Å². The molecule has 1 N–H and O–H groups in total. The topological polar surface area (TPSA) is 55.1 Å². The van der Waals surface area contributed by atoms with Gasteiger partial charge in [0.1, 0.15) is 11.6 Å². The minimum Gasteiger partial charge on any atom is -0.308 e. The van der Waals surface area contributed by atoms with Gasteiger partial charge in [-0.25, -0.2) is 13.9 Å². The van der Waals surface area contributed by atoms with Crippen molar-refractivity contribution < 1.29 is 9.18 Å². The summed E-state index contributed by atoms with van der Waals surface area (Å²) in [7, 11) is 0. The van der Waals surface area contributed by atoms with Gasteiger partial charge in [0.25, 0.3) is 0 Å². The number of amides is 2. The van der Waals surface area contributed by atoms with E-state index in [1.165, 1.54) is 18.2 Å². The van der Waals surface area contributed by atoms with Crippen LogP contribution < -0.4 is 5.32 Å². The summed E-state index contributed by atoms with van der Waals surface area (Å²) in [6, 6.07) is 25.6. The lowest BCUT2D eigenvalue weighted by Gasteiger charge is -2.31. The van der Waals surface area contributed by atoms with Gasteiger partial charge in [0.05, 0.1) is 34.7 Å². The SMILES string of the molecule is Cc1cccc([C@@H]2c3cccn3-c3c(c(C)nn3-c3ccccc3)CN2C(=O)Nc2ccc(F)c(Cl)c2)c1. The summed E-state index contributed by atoms with van der Waals surface area (Å²) in [6.07, 6.45) is 2.01. The summed E-state index contributed by atoms with van der Waals surface area (Å²) in [4.78, 5) is 15.8. The highest BCUT2D eigenvalue weighted by Crippen LogP contribution is 2.39. The predicted octanol–water partition coefficient (Wildman–Crippen LogP) is 7.21. The molecule has 0 fully saturated rings. The molecule has 0 radical (unpaired) electrons. The van der Waals surface area contributed by atoms with Crippen LogP contribution >= 0.6 is 11.6 Å². The van der Waals surface area contributed by atoms with E-state index in [-0.39, 0.29) is 11.1 Å². The van der Waals surface area contributed by atoms with Crippen molar-refractivity contribution in [3.8, 4) is 11.5 Å². The van der Waals surface area contributed by atoms with Crippen molar-refractivity contribution in [2.24, 2.45) is 0 Å². The number of benzene rings is 3. The number of hydrogen-bond acceptors (Lipinski definition) is 2. The lowest BCUT2D eigenvalue weighted by molar-refractivity contribution is 0.194. The monoisotopic (exact) mass is 525 g/mol. The van der Waals surface area contributed by atoms with Crippen LogP contribution in [0.1, 0.15) is 34.1 Å². The van der Waals surface area contributed by atoms with Crippen LogP contribution in [0, 0.1) is 19.7 Å². The minimum absolute atomic E-state index is 0.0509. The van der Waals surface area contributed by atoms with Crippen LogP contribution in [-0.4, -0.2) is 25.3 Å². The summed E-state index contributed by atoms with van der Waals surface area (Å²) in [5.41, 5.74) is 6.13. The van der Waals surface area contributed by atoms with Crippen LogP contribution in [0.15, 0.2) is 91.1 Å². The van der Waals surface area contributed by atoms with Crippen molar-refractivity contribution in [2.75, 3.05) is 5.32 Å². The number of para-hydroxylation sites is 1. The van der Waals surface area contributed by atoms with Gasteiger partial charge in [-0.2, -0.15) is 5.10 Å². The third kappa shape index (κ3) is 4.15. The molecule has 8 heteroatoms. The Morgan fingerprint density at radius 1 is 1.00 bits per heavy atom. The Balaban J connectivity index is 1.53. The summed E-state index contributed by atoms with van der Waals surface area (Å²) >= 11 is 6.00. The lowest BCUT2D eigenvalue weighted by Crippen LogP contribution is -2.38. The van der Waals surface area contributed by atoms with Crippen molar-refractivity contribution in [3.63, 3.8) is 0 Å². The smallest absolute Gasteiger partial charge is 0.308 e. The van der Waals surface area contributed by atoms with Crippen molar-refractivity contribution in [3.05, 3.63) is 130 Å². The highest BCUT2D eigenvalue weighted by Gasteiger charge is 2.36. The summed E-state index contributed by atoms with van der Waals surface area (Å²) in [6.45, 7) is 4.32. The van der Waals surface area contributed by atoms with Crippen LogP contribution in [-0.2, 0) is 6.54 Å². The van der Waals surface area contributed by atoms with Gasteiger partial charge in [0, 0.05) is 17.4 Å². The van der Waals surface area contributed by atoms with E-state index in [1.807, 2.05) is 85.4 Å². The van der Waals surface area contributed by atoms with E-state index < -0.39 is 11.9 Å². The number of aromatic nitrogens is 3. The zero-order valence-corrected chi connectivity index (χ0v) is 21.7. The van der Waals surface area contributed by atoms with Crippen LogP contribution in [0.2, 0.25) is 5.02 Å². The average molecular weight is 526 g/mol. The molecule has 3 heterocycles. The number of rotatable bonds is 3. The Morgan fingerprint density at radius 3 is 2.58 bits per heavy atom. The van der Waals surface area contributed by atoms with E-state index in [0.29, 0.717) is 12.2 Å². The number of anilines is 1. The second-order valence-corrected chi connectivity index (χ2v) is 9.85. The summed E-state index contributed by atoms with van der Waals surface area (Å²) in [5, 5.41) is 7.75. The fourth-order valence-electron chi connectivity index (χ4n) is 5.11. The molecule has 6 rings (SSSR count). The number of fused-ring (bicyclic) bond motifs is 3. The molecule has 0 unspecified atom stereocenters. The molecule has 1 aliphatic rings. The number of aryl methyl sites for hydroxylation is 2. The number of carbonyl (C=O) groups is 1. The van der Waals surface area contributed by atoms with Gasteiger partial charge < -0.3 is 14.8 Å². The fraction of sp³-hybridized carbons (Fsp3) is 0.133. The molecular weight excluding hydrogens is 501 g/mol. The van der Waals surface area contributed by atoms with Crippen LogP contribution in [0.4, 0.5) is 14.9 Å². The first kappa shape index (κ1) is 24.0. The van der Waals surface area contributed by atoms with E-state index >= 15 is 0 Å². The van der Waals surface area contributed by atoms with Crippen molar-refractivity contribution >= 4 is 23.3 Å².